The molecule has 4 saturated carbocycles. The van der Waals surface area contributed by atoms with Gasteiger partial charge in [0.1, 0.15) is 11.6 Å². The third-order valence-electron chi connectivity index (χ3n) is 6.79. The van der Waals surface area contributed by atoms with Gasteiger partial charge in [0.05, 0.1) is 18.7 Å². The van der Waals surface area contributed by atoms with Crippen LogP contribution in [0.2, 0.25) is 0 Å². The number of nitrogens with zero attached hydrogens (tertiary/aromatic N) is 2. The van der Waals surface area contributed by atoms with E-state index in [1.807, 2.05) is 0 Å². The number of esters is 1. The molecule has 0 radical (unpaired) electrons. The number of amides is 1. The van der Waals surface area contributed by atoms with Crippen LogP contribution in [0.3, 0.4) is 0 Å². The third-order valence-corrected chi connectivity index (χ3v) is 6.79. The number of carbonyl (C=O) groups excluding carboxylic acids is 2. The Morgan fingerprint density at radius 2 is 2.00 bits per heavy atom. The van der Waals surface area contributed by atoms with Gasteiger partial charge in [0, 0.05) is 13.5 Å². The average Bonchev–Trinajstić information content (AvgIpc) is 3.01. The molecule has 0 spiro atoms. The van der Waals surface area contributed by atoms with Crippen LogP contribution in [0.1, 0.15) is 51.9 Å². The van der Waals surface area contributed by atoms with E-state index in [1.165, 1.54) is 26.2 Å². The zero-order valence-corrected chi connectivity index (χ0v) is 14.9. The van der Waals surface area contributed by atoms with Gasteiger partial charge in [-0.1, -0.05) is 0 Å². The van der Waals surface area contributed by atoms with Crippen molar-refractivity contribution < 1.29 is 14.3 Å². The number of likely N-dealkylation sites (tertiary alicyclic amines) is 1. The molecule has 3 unspecified atom stereocenters. The van der Waals surface area contributed by atoms with Crippen LogP contribution in [0.4, 0.5) is 0 Å². The van der Waals surface area contributed by atoms with Crippen LogP contribution in [0, 0.1) is 29.1 Å². The Hall–Kier alpha value is -1.61. The highest BCUT2D eigenvalue weighted by Crippen LogP contribution is 2.57. The predicted octanol–water partition coefficient (Wildman–Crippen LogP) is 1.60. The quantitative estimate of drug-likeness (QED) is 0.783. The van der Waals surface area contributed by atoms with Crippen molar-refractivity contribution in [2.75, 3.05) is 13.1 Å². The molecular weight excluding hydrogens is 318 g/mol. The number of nitrogens with one attached hydrogen (secondary N) is 1. The van der Waals surface area contributed by atoms with E-state index in [0.717, 1.165) is 25.7 Å². The Bertz CT molecular complexity index is 600. The molecule has 1 N–H and O–H groups in total. The van der Waals surface area contributed by atoms with Crippen molar-refractivity contribution in [2.24, 2.45) is 17.8 Å². The molecule has 1 amide bonds. The molecule has 0 aromatic carbocycles. The SMILES string of the molecule is CC(=O)OC12C[C@@H]3CC(C[C@@H](C3)C1)C2NCC(=O)N1CCC[C@H]1C#N. The molecule has 1 saturated heterocycles. The molecule has 5 aliphatic rings. The number of nitriles is 1. The first kappa shape index (κ1) is 16.8. The van der Waals surface area contributed by atoms with Crippen LogP contribution >= 0.6 is 0 Å². The van der Waals surface area contributed by atoms with Gasteiger partial charge < -0.3 is 15.0 Å². The van der Waals surface area contributed by atoms with Gasteiger partial charge in [0.25, 0.3) is 0 Å². The number of rotatable bonds is 4. The first-order valence-corrected chi connectivity index (χ1v) is 9.63. The summed E-state index contributed by atoms with van der Waals surface area (Å²) >= 11 is 0. The largest absolute Gasteiger partial charge is 0.458 e. The molecule has 4 aliphatic carbocycles. The van der Waals surface area contributed by atoms with Crippen molar-refractivity contribution in [1.82, 2.24) is 10.2 Å². The van der Waals surface area contributed by atoms with Crippen molar-refractivity contribution in [3.8, 4) is 6.07 Å². The lowest BCUT2D eigenvalue weighted by Gasteiger charge is -2.60. The summed E-state index contributed by atoms with van der Waals surface area (Å²) in [6, 6.07) is 2.01. The van der Waals surface area contributed by atoms with Crippen molar-refractivity contribution in [2.45, 2.75) is 69.6 Å². The maximum Gasteiger partial charge on any atom is 0.303 e. The van der Waals surface area contributed by atoms with Crippen LogP contribution < -0.4 is 5.32 Å². The molecule has 6 atom stereocenters. The molecule has 136 valence electrons. The number of hydrogen-bond acceptors (Lipinski definition) is 5. The van der Waals surface area contributed by atoms with Crippen molar-refractivity contribution in [1.29, 1.82) is 5.26 Å². The van der Waals surface area contributed by atoms with Gasteiger partial charge in [-0.3, -0.25) is 9.59 Å². The van der Waals surface area contributed by atoms with E-state index < -0.39 is 5.60 Å². The second kappa shape index (κ2) is 6.28. The smallest absolute Gasteiger partial charge is 0.303 e. The van der Waals surface area contributed by atoms with Crippen molar-refractivity contribution in [3.63, 3.8) is 0 Å². The highest BCUT2D eigenvalue weighted by molar-refractivity contribution is 5.79. The number of carbonyl (C=O) groups is 2. The summed E-state index contributed by atoms with van der Waals surface area (Å²) in [5.74, 6) is 1.59. The molecule has 0 aromatic rings. The lowest BCUT2D eigenvalue weighted by molar-refractivity contribution is -0.194. The molecule has 1 heterocycles. The minimum atomic E-state index is -0.430. The molecule has 6 heteroatoms. The Morgan fingerprint density at radius 3 is 2.64 bits per heavy atom. The van der Waals surface area contributed by atoms with Crippen LogP contribution in [0.5, 0.6) is 0 Å². The normalized spacial score (nSPS) is 41.6. The summed E-state index contributed by atoms with van der Waals surface area (Å²) in [7, 11) is 0. The van der Waals surface area contributed by atoms with Gasteiger partial charge in [-0.2, -0.15) is 5.26 Å². The second-order valence-electron chi connectivity index (χ2n) is 8.50. The first-order valence-electron chi connectivity index (χ1n) is 9.63. The van der Waals surface area contributed by atoms with Crippen molar-refractivity contribution in [3.05, 3.63) is 0 Å². The Morgan fingerprint density at radius 1 is 1.28 bits per heavy atom. The molecule has 4 bridgehead atoms. The fraction of sp³-hybridized carbons (Fsp3) is 0.842. The molecule has 0 aromatic heterocycles. The third kappa shape index (κ3) is 2.93. The highest BCUT2D eigenvalue weighted by atomic mass is 16.6. The van der Waals surface area contributed by atoms with Crippen LogP contribution in [-0.4, -0.2) is 47.6 Å². The standard InChI is InChI=1S/C19H27N3O3/c1-12(23)25-19-8-13-5-14(9-19)7-15(6-13)18(19)21-11-17(24)22-4-2-3-16(22)10-20/h13-16,18,21H,2-9,11H2,1H3/t13-,14+,15?,16-,18?,19?/m0/s1. The zero-order chi connectivity index (χ0) is 17.6. The summed E-state index contributed by atoms with van der Waals surface area (Å²) < 4.78 is 5.88. The summed E-state index contributed by atoms with van der Waals surface area (Å²) in [5, 5.41) is 12.6. The van der Waals surface area contributed by atoms with E-state index in [0.29, 0.717) is 24.3 Å². The first-order chi connectivity index (χ1) is 12.0. The lowest BCUT2D eigenvalue weighted by atomic mass is 9.52. The maximum atomic E-state index is 12.6. The lowest BCUT2D eigenvalue weighted by Crippen LogP contribution is -2.67. The van der Waals surface area contributed by atoms with Crippen LogP contribution in [0.15, 0.2) is 0 Å². The molecule has 6 nitrogen and oxygen atoms in total. The van der Waals surface area contributed by atoms with Gasteiger partial charge in [-0.15, -0.1) is 0 Å². The van der Waals surface area contributed by atoms with E-state index >= 15 is 0 Å². The van der Waals surface area contributed by atoms with Crippen LogP contribution in [-0.2, 0) is 14.3 Å². The summed E-state index contributed by atoms with van der Waals surface area (Å²) in [6.45, 7) is 2.40. The Balaban J connectivity index is 1.46. The summed E-state index contributed by atoms with van der Waals surface area (Å²) in [5.41, 5.74) is -0.430. The van der Waals surface area contributed by atoms with Crippen LogP contribution in [0.25, 0.3) is 0 Å². The summed E-state index contributed by atoms with van der Waals surface area (Å²) in [6.07, 6.45) is 7.15. The molecule has 25 heavy (non-hydrogen) atoms. The van der Waals surface area contributed by atoms with E-state index in [9.17, 15) is 14.9 Å². The monoisotopic (exact) mass is 345 g/mol. The van der Waals surface area contributed by atoms with Gasteiger partial charge in [0.2, 0.25) is 5.91 Å². The molecular formula is C19H27N3O3. The van der Waals surface area contributed by atoms with E-state index in [-0.39, 0.29) is 30.5 Å². The fourth-order valence-corrected chi connectivity index (χ4v) is 6.25. The van der Waals surface area contributed by atoms with Gasteiger partial charge >= 0.3 is 5.97 Å². The highest BCUT2D eigenvalue weighted by Gasteiger charge is 2.59. The van der Waals surface area contributed by atoms with E-state index in [1.54, 1.807) is 4.90 Å². The Labute approximate surface area is 148 Å². The van der Waals surface area contributed by atoms with Gasteiger partial charge in [-0.05, 0) is 62.7 Å². The topological polar surface area (TPSA) is 82.4 Å². The number of ether oxygens (including phenoxy) is 1. The van der Waals surface area contributed by atoms with Gasteiger partial charge in [-0.25, -0.2) is 0 Å². The summed E-state index contributed by atoms with van der Waals surface area (Å²) in [4.78, 5) is 26.0. The minimum absolute atomic E-state index is 0.00386. The number of hydrogen-bond donors (Lipinski definition) is 1. The Kier molecular flexibility index (Phi) is 4.23. The second-order valence-corrected chi connectivity index (χ2v) is 8.50. The minimum Gasteiger partial charge on any atom is -0.458 e. The molecule has 5 fully saturated rings. The molecule has 5 rings (SSSR count). The molecule has 1 aliphatic heterocycles. The fourth-order valence-electron chi connectivity index (χ4n) is 6.25. The zero-order valence-electron chi connectivity index (χ0n) is 14.9. The van der Waals surface area contributed by atoms with Gasteiger partial charge in [0.15, 0.2) is 0 Å². The van der Waals surface area contributed by atoms with E-state index in [4.69, 9.17) is 4.74 Å². The van der Waals surface area contributed by atoms with Crippen molar-refractivity contribution >= 4 is 11.9 Å². The van der Waals surface area contributed by atoms with E-state index in [2.05, 4.69) is 11.4 Å². The maximum absolute atomic E-state index is 12.6. The average molecular weight is 345 g/mol. The predicted molar refractivity (Wildman–Crippen MR) is 90.2 cm³/mol.